The highest BCUT2D eigenvalue weighted by atomic mass is 16.5. The number of methoxy groups -OCH3 is 1. The van der Waals surface area contributed by atoms with Gasteiger partial charge in [0.2, 0.25) is 5.91 Å². The Morgan fingerprint density at radius 3 is 2.37 bits per heavy atom. The smallest absolute Gasteiger partial charge is 0.248 e. The minimum atomic E-state index is -0.437. The summed E-state index contributed by atoms with van der Waals surface area (Å²) in [6.45, 7) is 4.12. The summed E-state index contributed by atoms with van der Waals surface area (Å²) in [5.74, 6) is 0.293. The Morgan fingerprint density at radius 1 is 1.05 bits per heavy atom. The van der Waals surface area contributed by atoms with E-state index in [4.69, 9.17) is 10.5 Å². The number of amides is 1. The number of nitrogens with two attached hydrogens (primary N) is 1. The second kappa shape index (κ2) is 5.14. The van der Waals surface area contributed by atoms with Gasteiger partial charge < -0.3 is 10.5 Å². The van der Waals surface area contributed by atoms with Gasteiger partial charge in [0.1, 0.15) is 5.75 Å². The molecular formula is C16H17NO2. The summed E-state index contributed by atoms with van der Waals surface area (Å²) in [6.07, 6.45) is 0. The molecule has 0 atom stereocenters. The van der Waals surface area contributed by atoms with Crippen LogP contribution in [-0.4, -0.2) is 13.0 Å². The lowest BCUT2D eigenvalue weighted by Gasteiger charge is -2.11. The third kappa shape index (κ3) is 2.60. The van der Waals surface area contributed by atoms with E-state index in [1.807, 2.05) is 6.07 Å². The van der Waals surface area contributed by atoms with Crippen LogP contribution in [0.1, 0.15) is 21.5 Å². The first kappa shape index (κ1) is 13.1. The largest absolute Gasteiger partial charge is 0.496 e. The zero-order valence-electron chi connectivity index (χ0n) is 11.4. The topological polar surface area (TPSA) is 52.3 Å². The average Bonchev–Trinajstić information content (AvgIpc) is 2.41. The van der Waals surface area contributed by atoms with Gasteiger partial charge in [-0.2, -0.15) is 0 Å². The fraction of sp³-hybridized carbons (Fsp3) is 0.188. The van der Waals surface area contributed by atoms with Crippen LogP contribution in [0.3, 0.4) is 0 Å². The van der Waals surface area contributed by atoms with Crippen molar-refractivity contribution in [1.82, 2.24) is 0 Å². The molecule has 0 fully saturated rings. The Labute approximate surface area is 113 Å². The maximum absolute atomic E-state index is 11.3. The molecule has 0 radical (unpaired) electrons. The number of rotatable bonds is 3. The molecule has 0 saturated heterocycles. The molecule has 19 heavy (non-hydrogen) atoms. The fourth-order valence-electron chi connectivity index (χ4n) is 2.00. The molecule has 3 heteroatoms. The van der Waals surface area contributed by atoms with Crippen LogP contribution < -0.4 is 10.5 Å². The highest BCUT2D eigenvalue weighted by molar-refractivity contribution is 5.94. The van der Waals surface area contributed by atoms with Gasteiger partial charge in [-0.1, -0.05) is 18.2 Å². The zero-order chi connectivity index (χ0) is 14.0. The van der Waals surface area contributed by atoms with Crippen LogP contribution >= 0.6 is 0 Å². The molecule has 0 aliphatic heterocycles. The van der Waals surface area contributed by atoms with Crippen LogP contribution in [0.5, 0.6) is 5.75 Å². The number of hydrogen-bond acceptors (Lipinski definition) is 2. The molecule has 1 amide bonds. The van der Waals surface area contributed by atoms with Gasteiger partial charge in [0.15, 0.2) is 0 Å². The van der Waals surface area contributed by atoms with Gasteiger partial charge in [-0.05, 0) is 48.7 Å². The molecule has 0 aliphatic rings. The highest BCUT2D eigenvalue weighted by Gasteiger charge is 2.10. The minimum absolute atomic E-state index is 0.437. The molecule has 2 rings (SSSR count). The molecule has 0 heterocycles. The van der Waals surface area contributed by atoms with E-state index < -0.39 is 5.91 Å². The summed E-state index contributed by atoms with van der Waals surface area (Å²) in [5.41, 5.74) is 10.1. The maximum atomic E-state index is 11.3. The normalized spacial score (nSPS) is 10.3. The summed E-state index contributed by atoms with van der Waals surface area (Å²) in [6, 6.07) is 11.4. The lowest BCUT2D eigenvalue weighted by atomic mass is 9.98. The zero-order valence-corrected chi connectivity index (χ0v) is 11.4. The number of ether oxygens (including phenoxy) is 1. The number of primary amides is 1. The molecule has 3 nitrogen and oxygen atoms in total. The molecule has 2 aromatic carbocycles. The van der Waals surface area contributed by atoms with E-state index in [1.165, 1.54) is 11.1 Å². The molecule has 0 bridgehead atoms. The second-order valence-corrected chi connectivity index (χ2v) is 4.58. The van der Waals surface area contributed by atoms with Crippen molar-refractivity contribution in [2.45, 2.75) is 13.8 Å². The Hall–Kier alpha value is -2.29. The molecule has 2 aromatic rings. The van der Waals surface area contributed by atoms with Crippen molar-refractivity contribution in [3.8, 4) is 16.9 Å². The van der Waals surface area contributed by atoms with Crippen LogP contribution in [0.15, 0.2) is 36.4 Å². The van der Waals surface area contributed by atoms with Crippen molar-refractivity contribution in [3.05, 3.63) is 53.1 Å². The first-order valence-electron chi connectivity index (χ1n) is 6.08. The highest BCUT2D eigenvalue weighted by Crippen LogP contribution is 2.31. The standard InChI is InChI=1S/C16H17NO2/c1-10-4-5-12(8-11(10)2)14-9-13(16(17)18)6-7-15(14)19-3/h4-9H,1-3H3,(H2,17,18). The molecule has 0 spiro atoms. The van der Waals surface area contributed by atoms with Crippen LogP contribution in [0, 0.1) is 13.8 Å². The monoisotopic (exact) mass is 255 g/mol. The van der Waals surface area contributed by atoms with E-state index in [0.717, 1.165) is 16.9 Å². The molecular weight excluding hydrogens is 238 g/mol. The second-order valence-electron chi connectivity index (χ2n) is 4.58. The molecule has 0 aliphatic carbocycles. The molecule has 0 unspecified atom stereocenters. The van der Waals surface area contributed by atoms with Crippen molar-refractivity contribution in [3.63, 3.8) is 0 Å². The summed E-state index contributed by atoms with van der Waals surface area (Å²) >= 11 is 0. The van der Waals surface area contributed by atoms with Gasteiger partial charge in [-0.25, -0.2) is 0 Å². The van der Waals surface area contributed by atoms with Gasteiger partial charge >= 0.3 is 0 Å². The Kier molecular flexibility index (Phi) is 3.56. The van der Waals surface area contributed by atoms with Crippen molar-refractivity contribution in [2.24, 2.45) is 5.73 Å². The van der Waals surface area contributed by atoms with Gasteiger partial charge in [-0.15, -0.1) is 0 Å². The Morgan fingerprint density at radius 2 is 1.79 bits per heavy atom. The summed E-state index contributed by atoms with van der Waals surface area (Å²) < 4.78 is 5.35. The van der Waals surface area contributed by atoms with Gasteiger partial charge in [0.25, 0.3) is 0 Å². The number of carbonyl (C=O) groups is 1. The molecule has 98 valence electrons. The van der Waals surface area contributed by atoms with Gasteiger partial charge in [-0.3, -0.25) is 4.79 Å². The minimum Gasteiger partial charge on any atom is -0.496 e. The predicted molar refractivity (Wildman–Crippen MR) is 76.4 cm³/mol. The summed E-state index contributed by atoms with van der Waals surface area (Å²) in [7, 11) is 1.61. The number of aryl methyl sites for hydroxylation is 2. The third-order valence-electron chi connectivity index (χ3n) is 3.30. The predicted octanol–water partition coefficient (Wildman–Crippen LogP) is 3.08. The average molecular weight is 255 g/mol. The number of benzene rings is 2. The summed E-state index contributed by atoms with van der Waals surface area (Å²) in [4.78, 5) is 11.3. The van der Waals surface area contributed by atoms with Crippen molar-refractivity contribution < 1.29 is 9.53 Å². The first-order valence-corrected chi connectivity index (χ1v) is 6.08. The molecule has 0 saturated carbocycles. The molecule has 0 aromatic heterocycles. The lowest BCUT2D eigenvalue weighted by Crippen LogP contribution is -2.10. The van der Waals surface area contributed by atoms with Crippen LogP contribution in [-0.2, 0) is 0 Å². The van der Waals surface area contributed by atoms with E-state index in [-0.39, 0.29) is 0 Å². The first-order chi connectivity index (χ1) is 9.02. The van der Waals surface area contributed by atoms with E-state index in [2.05, 4.69) is 26.0 Å². The van der Waals surface area contributed by atoms with Crippen LogP contribution in [0.2, 0.25) is 0 Å². The van der Waals surface area contributed by atoms with E-state index in [9.17, 15) is 4.79 Å². The lowest BCUT2D eigenvalue weighted by molar-refractivity contribution is 0.100. The SMILES string of the molecule is COc1ccc(C(N)=O)cc1-c1ccc(C)c(C)c1. The van der Waals surface area contributed by atoms with Crippen molar-refractivity contribution in [1.29, 1.82) is 0 Å². The van der Waals surface area contributed by atoms with E-state index in [0.29, 0.717) is 5.56 Å². The third-order valence-corrected chi connectivity index (χ3v) is 3.30. The van der Waals surface area contributed by atoms with Gasteiger partial charge in [0, 0.05) is 11.1 Å². The molecule has 2 N–H and O–H groups in total. The van der Waals surface area contributed by atoms with Crippen molar-refractivity contribution >= 4 is 5.91 Å². The quantitative estimate of drug-likeness (QED) is 0.916. The van der Waals surface area contributed by atoms with Gasteiger partial charge in [0.05, 0.1) is 7.11 Å². The Bertz CT molecular complexity index is 633. The van der Waals surface area contributed by atoms with Crippen LogP contribution in [0.4, 0.5) is 0 Å². The number of hydrogen-bond donors (Lipinski definition) is 1. The summed E-state index contributed by atoms with van der Waals surface area (Å²) in [5, 5.41) is 0. The van der Waals surface area contributed by atoms with Crippen LogP contribution in [0.25, 0.3) is 11.1 Å². The Balaban J connectivity index is 2.61. The van der Waals surface area contributed by atoms with Crippen molar-refractivity contribution in [2.75, 3.05) is 7.11 Å². The van der Waals surface area contributed by atoms with E-state index >= 15 is 0 Å². The number of carbonyl (C=O) groups excluding carboxylic acids is 1. The van der Waals surface area contributed by atoms with E-state index in [1.54, 1.807) is 25.3 Å². The fourth-order valence-corrected chi connectivity index (χ4v) is 2.00. The maximum Gasteiger partial charge on any atom is 0.248 e.